The smallest absolute Gasteiger partial charge is 0.306 e. The quantitative estimate of drug-likeness (QED) is 0.748. The SMILES string of the molecule is COC1/C=C/CCCCC1(CC(=O)O)OC. The van der Waals surface area contributed by atoms with Crippen molar-refractivity contribution in [1.29, 1.82) is 0 Å². The average molecular weight is 228 g/mol. The van der Waals surface area contributed by atoms with Crippen molar-refractivity contribution in [3.05, 3.63) is 12.2 Å². The lowest BCUT2D eigenvalue weighted by Gasteiger charge is -2.37. The minimum absolute atomic E-state index is 0.0215. The van der Waals surface area contributed by atoms with Crippen molar-refractivity contribution in [1.82, 2.24) is 0 Å². The van der Waals surface area contributed by atoms with Crippen molar-refractivity contribution >= 4 is 5.97 Å². The lowest BCUT2D eigenvalue weighted by atomic mass is 9.84. The van der Waals surface area contributed by atoms with Gasteiger partial charge in [0.05, 0.1) is 6.42 Å². The second-order valence-electron chi connectivity index (χ2n) is 4.17. The summed E-state index contributed by atoms with van der Waals surface area (Å²) < 4.78 is 10.8. The first-order chi connectivity index (χ1) is 7.64. The molecule has 0 spiro atoms. The van der Waals surface area contributed by atoms with Crippen molar-refractivity contribution in [2.45, 2.75) is 43.8 Å². The van der Waals surface area contributed by atoms with Crippen molar-refractivity contribution in [3.63, 3.8) is 0 Å². The van der Waals surface area contributed by atoms with E-state index in [9.17, 15) is 4.79 Å². The lowest BCUT2D eigenvalue weighted by molar-refractivity contribution is -0.154. The molecule has 0 bridgehead atoms. The monoisotopic (exact) mass is 228 g/mol. The van der Waals surface area contributed by atoms with E-state index in [0.29, 0.717) is 0 Å². The molecule has 0 saturated carbocycles. The molecular weight excluding hydrogens is 208 g/mol. The summed E-state index contributed by atoms with van der Waals surface area (Å²) in [6, 6.07) is 0. The Labute approximate surface area is 96.2 Å². The van der Waals surface area contributed by atoms with E-state index in [1.807, 2.05) is 12.2 Å². The van der Waals surface area contributed by atoms with Gasteiger partial charge in [-0.05, 0) is 19.3 Å². The molecule has 0 saturated heterocycles. The molecule has 0 radical (unpaired) electrons. The van der Waals surface area contributed by atoms with Crippen LogP contribution in [0.15, 0.2) is 12.2 Å². The van der Waals surface area contributed by atoms with Gasteiger partial charge in [0.25, 0.3) is 0 Å². The van der Waals surface area contributed by atoms with Gasteiger partial charge >= 0.3 is 5.97 Å². The zero-order chi connectivity index (χ0) is 12.0. The van der Waals surface area contributed by atoms with E-state index in [4.69, 9.17) is 14.6 Å². The first kappa shape index (κ1) is 13.2. The predicted octanol–water partition coefficient (Wildman–Crippen LogP) is 1.99. The molecule has 0 aromatic heterocycles. The maximum absolute atomic E-state index is 10.9. The number of ether oxygens (including phenoxy) is 2. The third-order valence-electron chi connectivity index (χ3n) is 3.16. The van der Waals surface area contributed by atoms with Gasteiger partial charge in [0.15, 0.2) is 0 Å². The fourth-order valence-electron chi connectivity index (χ4n) is 2.25. The minimum atomic E-state index is -0.849. The molecule has 0 aliphatic heterocycles. The fraction of sp³-hybridized carbons (Fsp3) is 0.750. The molecule has 0 heterocycles. The van der Waals surface area contributed by atoms with Crippen LogP contribution in [0.2, 0.25) is 0 Å². The first-order valence-corrected chi connectivity index (χ1v) is 5.61. The summed E-state index contributed by atoms with van der Waals surface area (Å²) in [7, 11) is 3.15. The maximum atomic E-state index is 10.9. The summed E-state index contributed by atoms with van der Waals surface area (Å²) in [5.74, 6) is -0.849. The Morgan fingerprint density at radius 1 is 1.50 bits per heavy atom. The third-order valence-corrected chi connectivity index (χ3v) is 3.16. The number of hydrogen-bond donors (Lipinski definition) is 1. The van der Waals surface area contributed by atoms with E-state index >= 15 is 0 Å². The van der Waals surface area contributed by atoms with E-state index in [1.54, 1.807) is 14.2 Å². The largest absolute Gasteiger partial charge is 0.481 e. The standard InChI is InChI=1S/C12H20O4/c1-15-10-7-5-3-4-6-8-12(10,16-2)9-11(13)14/h5,7,10H,3-4,6,8-9H2,1-2H3,(H,13,14)/b7-5+. The summed E-state index contributed by atoms with van der Waals surface area (Å²) >= 11 is 0. The summed E-state index contributed by atoms with van der Waals surface area (Å²) in [6.07, 6.45) is 7.43. The van der Waals surface area contributed by atoms with Crippen LogP contribution in [0.4, 0.5) is 0 Å². The van der Waals surface area contributed by atoms with E-state index in [2.05, 4.69) is 0 Å². The van der Waals surface area contributed by atoms with Gasteiger partial charge in [0.1, 0.15) is 11.7 Å². The van der Waals surface area contributed by atoms with E-state index in [0.717, 1.165) is 25.7 Å². The highest BCUT2D eigenvalue weighted by atomic mass is 16.5. The zero-order valence-corrected chi connectivity index (χ0v) is 9.94. The molecular formula is C12H20O4. The Morgan fingerprint density at radius 2 is 2.25 bits per heavy atom. The van der Waals surface area contributed by atoms with Crippen LogP contribution in [0, 0.1) is 0 Å². The van der Waals surface area contributed by atoms with Gasteiger partial charge in [-0.25, -0.2) is 0 Å². The highest BCUT2D eigenvalue weighted by Crippen LogP contribution is 2.31. The Kier molecular flexibility index (Phi) is 4.96. The Hall–Kier alpha value is -0.870. The van der Waals surface area contributed by atoms with Gasteiger partial charge in [-0.3, -0.25) is 4.79 Å². The topological polar surface area (TPSA) is 55.8 Å². The van der Waals surface area contributed by atoms with E-state index in [-0.39, 0.29) is 12.5 Å². The number of methoxy groups -OCH3 is 2. The third kappa shape index (κ3) is 3.06. The molecule has 2 unspecified atom stereocenters. The number of aliphatic carboxylic acids is 1. The van der Waals surface area contributed by atoms with Crippen LogP contribution in [-0.4, -0.2) is 37.0 Å². The number of carboxylic acid groups (broad SMARTS) is 1. The molecule has 0 amide bonds. The molecule has 4 nitrogen and oxygen atoms in total. The highest BCUT2D eigenvalue weighted by Gasteiger charge is 2.40. The molecule has 16 heavy (non-hydrogen) atoms. The number of rotatable bonds is 4. The molecule has 1 aliphatic carbocycles. The summed E-state index contributed by atoms with van der Waals surface area (Å²) in [5, 5.41) is 8.98. The van der Waals surface area contributed by atoms with Gasteiger partial charge < -0.3 is 14.6 Å². The molecule has 0 fully saturated rings. The van der Waals surface area contributed by atoms with Crippen LogP contribution < -0.4 is 0 Å². The molecule has 4 heteroatoms. The van der Waals surface area contributed by atoms with Gasteiger partial charge in [0, 0.05) is 14.2 Å². The van der Waals surface area contributed by atoms with Crippen LogP contribution in [-0.2, 0) is 14.3 Å². The molecule has 0 aromatic carbocycles. The fourth-order valence-corrected chi connectivity index (χ4v) is 2.25. The van der Waals surface area contributed by atoms with Crippen molar-refractivity contribution in [2.24, 2.45) is 0 Å². The van der Waals surface area contributed by atoms with E-state index in [1.165, 1.54) is 0 Å². The normalized spacial score (nSPS) is 32.8. The Morgan fingerprint density at radius 3 is 2.81 bits per heavy atom. The average Bonchev–Trinajstić information content (AvgIpc) is 2.22. The number of hydrogen-bond acceptors (Lipinski definition) is 3. The van der Waals surface area contributed by atoms with Crippen molar-refractivity contribution < 1.29 is 19.4 Å². The zero-order valence-electron chi connectivity index (χ0n) is 9.94. The van der Waals surface area contributed by atoms with Gasteiger partial charge in [0.2, 0.25) is 0 Å². The number of carboxylic acids is 1. The van der Waals surface area contributed by atoms with Gasteiger partial charge in [-0.2, -0.15) is 0 Å². The maximum Gasteiger partial charge on any atom is 0.306 e. The first-order valence-electron chi connectivity index (χ1n) is 5.61. The Bertz CT molecular complexity index is 262. The van der Waals surface area contributed by atoms with E-state index < -0.39 is 11.6 Å². The second kappa shape index (κ2) is 6.01. The number of carbonyl (C=O) groups is 1. The molecule has 1 rings (SSSR count). The highest BCUT2D eigenvalue weighted by molar-refractivity contribution is 5.68. The lowest BCUT2D eigenvalue weighted by Crippen LogP contribution is -2.46. The predicted molar refractivity (Wildman–Crippen MR) is 60.4 cm³/mol. The van der Waals surface area contributed by atoms with Crippen LogP contribution in [0.5, 0.6) is 0 Å². The minimum Gasteiger partial charge on any atom is -0.481 e. The van der Waals surface area contributed by atoms with Crippen LogP contribution in [0.3, 0.4) is 0 Å². The van der Waals surface area contributed by atoms with Crippen LogP contribution in [0.25, 0.3) is 0 Å². The van der Waals surface area contributed by atoms with Crippen LogP contribution >= 0.6 is 0 Å². The second-order valence-corrected chi connectivity index (χ2v) is 4.17. The summed E-state index contributed by atoms with van der Waals surface area (Å²) in [5.41, 5.74) is -0.725. The molecule has 1 aliphatic rings. The summed E-state index contributed by atoms with van der Waals surface area (Å²) in [4.78, 5) is 10.9. The molecule has 92 valence electrons. The van der Waals surface area contributed by atoms with Crippen molar-refractivity contribution in [3.8, 4) is 0 Å². The molecule has 2 atom stereocenters. The Balaban J connectivity index is 2.92. The molecule has 1 N–H and O–H groups in total. The van der Waals surface area contributed by atoms with Gasteiger partial charge in [-0.15, -0.1) is 0 Å². The summed E-state index contributed by atoms with van der Waals surface area (Å²) in [6.45, 7) is 0. The van der Waals surface area contributed by atoms with Crippen molar-refractivity contribution in [2.75, 3.05) is 14.2 Å². The number of allylic oxidation sites excluding steroid dienone is 1. The van der Waals surface area contributed by atoms with Gasteiger partial charge in [-0.1, -0.05) is 18.6 Å². The van der Waals surface area contributed by atoms with Crippen LogP contribution in [0.1, 0.15) is 32.1 Å². The molecule has 0 aromatic rings.